The molecule has 0 saturated heterocycles. The van der Waals surface area contributed by atoms with Crippen LogP contribution in [0.3, 0.4) is 0 Å². The summed E-state index contributed by atoms with van der Waals surface area (Å²) in [7, 11) is -2.18. The van der Waals surface area contributed by atoms with Crippen molar-refractivity contribution in [2.24, 2.45) is 0 Å². The summed E-state index contributed by atoms with van der Waals surface area (Å²) in [5, 5.41) is 0. The Morgan fingerprint density at radius 1 is 1.05 bits per heavy atom. The molecule has 0 atom stereocenters. The van der Waals surface area contributed by atoms with Crippen LogP contribution in [0.2, 0.25) is 13.1 Å². The molecule has 2 rings (SSSR count). The van der Waals surface area contributed by atoms with E-state index in [-0.39, 0.29) is 12.6 Å². The molecule has 0 amide bonds. The van der Waals surface area contributed by atoms with Gasteiger partial charge in [0.1, 0.15) is 6.61 Å². The van der Waals surface area contributed by atoms with E-state index < -0.39 is 8.32 Å². The summed E-state index contributed by atoms with van der Waals surface area (Å²) in [6.45, 7) is 4.03. The van der Waals surface area contributed by atoms with Gasteiger partial charge in [0.25, 0.3) is 0 Å². The number of ether oxygens (including phenoxy) is 1. The van der Waals surface area contributed by atoms with Crippen molar-refractivity contribution in [3.05, 3.63) is 71.3 Å². The minimum absolute atomic E-state index is 0.268. The standard InChI is InChI=1S/C17H20O3Si/c1-21(2,19)13-15-9-6-10-16(11-15)17(18)20-12-14-7-4-3-5-8-14/h3-11,19H,12-13H2,1-2H3. The molecule has 110 valence electrons. The summed E-state index contributed by atoms with van der Waals surface area (Å²) in [5.74, 6) is -0.335. The molecule has 0 fully saturated rings. The van der Waals surface area contributed by atoms with Gasteiger partial charge in [-0.25, -0.2) is 4.79 Å². The Bertz CT molecular complexity index is 603. The van der Waals surface area contributed by atoms with E-state index in [1.807, 2.05) is 55.6 Å². The zero-order valence-corrected chi connectivity index (χ0v) is 13.4. The van der Waals surface area contributed by atoms with Crippen molar-refractivity contribution in [1.82, 2.24) is 0 Å². The van der Waals surface area contributed by atoms with Gasteiger partial charge < -0.3 is 9.53 Å². The Labute approximate surface area is 126 Å². The molecule has 0 radical (unpaired) electrons. The van der Waals surface area contributed by atoms with Gasteiger partial charge in [0.15, 0.2) is 8.32 Å². The van der Waals surface area contributed by atoms with Crippen LogP contribution in [0.25, 0.3) is 0 Å². The Morgan fingerprint density at radius 3 is 2.38 bits per heavy atom. The van der Waals surface area contributed by atoms with Gasteiger partial charge in [0.2, 0.25) is 0 Å². The van der Waals surface area contributed by atoms with Gasteiger partial charge in [0, 0.05) is 0 Å². The Kier molecular flexibility index (Phi) is 4.93. The summed E-state index contributed by atoms with van der Waals surface area (Å²) in [6.07, 6.45) is 0. The summed E-state index contributed by atoms with van der Waals surface area (Å²) >= 11 is 0. The number of carbonyl (C=O) groups is 1. The second-order valence-corrected chi connectivity index (χ2v) is 9.73. The number of carbonyl (C=O) groups excluding carboxylic acids is 1. The van der Waals surface area contributed by atoms with Gasteiger partial charge in [-0.05, 0) is 42.4 Å². The van der Waals surface area contributed by atoms with Crippen molar-refractivity contribution in [1.29, 1.82) is 0 Å². The topological polar surface area (TPSA) is 46.5 Å². The SMILES string of the molecule is C[Si](C)(O)Cc1cccc(C(=O)OCc2ccccc2)c1. The number of benzene rings is 2. The van der Waals surface area contributed by atoms with Crippen molar-refractivity contribution in [2.45, 2.75) is 25.7 Å². The van der Waals surface area contributed by atoms with E-state index in [0.717, 1.165) is 11.1 Å². The summed E-state index contributed by atoms with van der Waals surface area (Å²) in [5.41, 5.74) is 2.47. The highest BCUT2D eigenvalue weighted by Gasteiger charge is 2.18. The first-order chi connectivity index (χ1) is 9.94. The molecule has 0 aromatic heterocycles. The van der Waals surface area contributed by atoms with Crippen molar-refractivity contribution in [3.63, 3.8) is 0 Å². The third-order valence-electron chi connectivity index (χ3n) is 3.01. The van der Waals surface area contributed by atoms with Gasteiger partial charge in [0.05, 0.1) is 5.56 Å². The van der Waals surface area contributed by atoms with Crippen molar-refractivity contribution in [3.8, 4) is 0 Å². The van der Waals surface area contributed by atoms with Crippen LogP contribution in [0, 0.1) is 0 Å². The van der Waals surface area contributed by atoms with Crippen LogP contribution in [0.4, 0.5) is 0 Å². The first-order valence-corrected chi connectivity index (χ1v) is 10.1. The van der Waals surface area contributed by atoms with Crippen LogP contribution in [0.5, 0.6) is 0 Å². The predicted molar refractivity (Wildman–Crippen MR) is 85.4 cm³/mol. The van der Waals surface area contributed by atoms with Crippen molar-refractivity contribution >= 4 is 14.3 Å². The van der Waals surface area contributed by atoms with Crippen LogP contribution in [0.1, 0.15) is 21.5 Å². The minimum atomic E-state index is -2.18. The predicted octanol–water partition coefficient (Wildman–Crippen LogP) is 3.32. The van der Waals surface area contributed by atoms with Crippen molar-refractivity contribution in [2.75, 3.05) is 0 Å². The molecule has 3 nitrogen and oxygen atoms in total. The van der Waals surface area contributed by atoms with E-state index in [2.05, 4.69) is 0 Å². The quantitative estimate of drug-likeness (QED) is 0.680. The maximum absolute atomic E-state index is 12.1. The average Bonchev–Trinajstić information content (AvgIpc) is 2.44. The molecule has 2 aromatic carbocycles. The van der Waals surface area contributed by atoms with Gasteiger partial charge in [-0.3, -0.25) is 0 Å². The molecule has 4 heteroatoms. The third kappa shape index (κ3) is 5.17. The Morgan fingerprint density at radius 2 is 1.71 bits per heavy atom. The van der Waals surface area contributed by atoms with Gasteiger partial charge in [-0.2, -0.15) is 0 Å². The Balaban J connectivity index is 2.01. The average molecular weight is 300 g/mol. The fourth-order valence-electron chi connectivity index (χ4n) is 2.11. The zero-order valence-electron chi connectivity index (χ0n) is 12.4. The first kappa shape index (κ1) is 15.5. The van der Waals surface area contributed by atoms with Gasteiger partial charge in [-0.15, -0.1) is 0 Å². The lowest BCUT2D eigenvalue weighted by Gasteiger charge is -2.14. The minimum Gasteiger partial charge on any atom is -0.457 e. The molecule has 0 aliphatic carbocycles. The molecule has 0 aliphatic heterocycles. The molecule has 2 aromatic rings. The molecule has 21 heavy (non-hydrogen) atoms. The molecule has 0 spiro atoms. The summed E-state index contributed by atoms with van der Waals surface area (Å²) in [4.78, 5) is 22.0. The fourth-order valence-corrected chi connectivity index (χ4v) is 3.33. The monoisotopic (exact) mass is 300 g/mol. The van der Waals surface area contributed by atoms with E-state index >= 15 is 0 Å². The number of hydrogen-bond acceptors (Lipinski definition) is 3. The molecular weight excluding hydrogens is 280 g/mol. The molecule has 0 aliphatic rings. The molecule has 0 heterocycles. The van der Waals surface area contributed by atoms with Crippen molar-refractivity contribution < 1.29 is 14.3 Å². The normalized spacial score (nSPS) is 11.2. The second-order valence-electron chi connectivity index (χ2n) is 5.75. The van der Waals surface area contributed by atoms with Crippen LogP contribution in [-0.4, -0.2) is 19.1 Å². The lowest BCUT2D eigenvalue weighted by molar-refractivity contribution is 0.0472. The van der Waals surface area contributed by atoms with E-state index in [1.165, 1.54) is 0 Å². The molecule has 0 bridgehead atoms. The summed E-state index contributed by atoms with van der Waals surface area (Å²) in [6, 6.07) is 17.5. The second kappa shape index (κ2) is 6.69. The largest absolute Gasteiger partial charge is 0.457 e. The van der Waals surface area contributed by atoms with E-state index in [1.54, 1.807) is 12.1 Å². The smallest absolute Gasteiger partial charge is 0.338 e. The maximum atomic E-state index is 12.1. The highest BCUT2D eigenvalue weighted by atomic mass is 28.4. The lowest BCUT2D eigenvalue weighted by Crippen LogP contribution is -2.28. The third-order valence-corrected chi connectivity index (χ3v) is 4.29. The van der Waals surface area contributed by atoms with Crippen LogP contribution in [0.15, 0.2) is 54.6 Å². The van der Waals surface area contributed by atoms with E-state index in [0.29, 0.717) is 11.6 Å². The fraction of sp³-hybridized carbons (Fsp3) is 0.235. The summed E-state index contributed by atoms with van der Waals surface area (Å²) < 4.78 is 5.31. The van der Waals surface area contributed by atoms with E-state index in [9.17, 15) is 9.59 Å². The van der Waals surface area contributed by atoms with Gasteiger partial charge in [-0.1, -0.05) is 42.5 Å². The van der Waals surface area contributed by atoms with Crippen LogP contribution >= 0.6 is 0 Å². The number of esters is 1. The first-order valence-electron chi connectivity index (χ1n) is 6.96. The number of rotatable bonds is 5. The highest BCUT2D eigenvalue weighted by Crippen LogP contribution is 2.13. The molecule has 0 saturated carbocycles. The molecule has 0 unspecified atom stereocenters. The number of hydrogen-bond donors (Lipinski definition) is 1. The maximum Gasteiger partial charge on any atom is 0.338 e. The molecule has 1 N–H and O–H groups in total. The highest BCUT2D eigenvalue weighted by molar-refractivity contribution is 6.69. The van der Waals surface area contributed by atoms with Crippen LogP contribution < -0.4 is 0 Å². The van der Waals surface area contributed by atoms with Crippen LogP contribution in [-0.2, 0) is 17.4 Å². The molecular formula is C17H20O3Si. The Hall–Kier alpha value is -1.91. The lowest BCUT2D eigenvalue weighted by atomic mass is 10.1. The zero-order chi connectivity index (χ0) is 15.3. The van der Waals surface area contributed by atoms with E-state index in [4.69, 9.17) is 4.74 Å². The van der Waals surface area contributed by atoms with Gasteiger partial charge >= 0.3 is 5.97 Å².